The number of ketones is 1. The normalized spacial score (nSPS) is 12.4. The lowest BCUT2D eigenvalue weighted by molar-refractivity contribution is -0.123. The predicted molar refractivity (Wildman–Crippen MR) is 65.4 cm³/mol. The van der Waals surface area contributed by atoms with Gasteiger partial charge in [0, 0.05) is 6.08 Å². The molecule has 0 heterocycles. The largest absolute Gasteiger partial charge is 0.508 e. The van der Waals surface area contributed by atoms with Crippen LogP contribution >= 0.6 is 0 Å². The number of benzene rings is 1. The van der Waals surface area contributed by atoms with Gasteiger partial charge in [-0.3, -0.25) is 9.59 Å². The van der Waals surface area contributed by atoms with E-state index in [4.69, 9.17) is 5.11 Å². The van der Waals surface area contributed by atoms with Gasteiger partial charge in [-0.2, -0.15) is 0 Å². The SMILES string of the molecule is CC(=O)C(C)NC(=O)/C=C/c1ccc(O)cc1. The molecule has 2 N–H and O–H groups in total. The number of nitrogens with one attached hydrogen (secondary N) is 1. The highest BCUT2D eigenvalue weighted by Gasteiger charge is 2.08. The van der Waals surface area contributed by atoms with Gasteiger partial charge in [-0.1, -0.05) is 12.1 Å². The zero-order valence-electron chi connectivity index (χ0n) is 9.81. The van der Waals surface area contributed by atoms with Crippen molar-refractivity contribution in [1.29, 1.82) is 0 Å². The molecule has 0 aliphatic rings. The number of phenols is 1. The molecule has 4 nitrogen and oxygen atoms in total. The summed E-state index contributed by atoms with van der Waals surface area (Å²) in [6.07, 6.45) is 2.97. The van der Waals surface area contributed by atoms with Crippen molar-refractivity contribution in [2.75, 3.05) is 0 Å². The van der Waals surface area contributed by atoms with E-state index in [2.05, 4.69) is 5.32 Å². The topological polar surface area (TPSA) is 66.4 Å². The van der Waals surface area contributed by atoms with E-state index in [1.807, 2.05) is 0 Å². The zero-order valence-corrected chi connectivity index (χ0v) is 9.81. The highest BCUT2D eigenvalue weighted by molar-refractivity contribution is 5.95. The Hall–Kier alpha value is -2.10. The van der Waals surface area contributed by atoms with Crippen LogP contribution in [0.2, 0.25) is 0 Å². The Morgan fingerprint density at radius 1 is 1.29 bits per heavy atom. The Morgan fingerprint density at radius 2 is 1.88 bits per heavy atom. The molecule has 17 heavy (non-hydrogen) atoms. The molecule has 0 saturated heterocycles. The Balaban J connectivity index is 2.56. The Kier molecular flexibility index (Phi) is 4.46. The molecule has 1 aromatic rings. The second kappa shape index (κ2) is 5.84. The molecule has 90 valence electrons. The van der Waals surface area contributed by atoms with Gasteiger partial charge in [-0.25, -0.2) is 0 Å². The van der Waals surface area contributed by atoms with Gasteiger partial charge in [-0.05, 0) is 37.6 Å². The molecular weight excluding hydrogens is 218 g/mol. The minimum absolute atomic E-state index is 0.0867. The smallest absolute Gasteiger partial charge is 0.244 e. The number of hydrogen-bond acceptors (Lipinski definition) is 3. The maximum atomic E-state index is 11.4. The van der Waals surface area contributed by atoms with Gasteiger partial charge in [0.15, 0.2) is 5.78 Å². The van der Waals surface area contributed by atoms with Crippen LogP contribution in [0.15, 0.2) is 30.3 Å². The second-order valence-corrected chi connectivity index (χ2v) is 3.77. The third-order valence-electron chi connectivity index (χ3n) is 2.29. The summed E-state index contributed by atoms with van der Waals surface area (Å²) in [5.74, 6) is -0.228. The molecule has 0 saturated carbocycles. The highest BCUT2D eigenvalue weighted by atomic mass is 16.3. The molecular formula is C13H15NO3. The van der Waals surface area contributed by atoms with Crippen LogP contribution < -0.4 is 5.32 Å². The fourth-order valence-corrected chi connectivity index (χ4v) is 1.12. The lowest BCUT2D eigenvalue weighted by Crippen LogP contribution is -2.36. The summed E-state index contributed by atoms with van der Waals surface area (Å²) in [7, 11) is 0. The average molecular weight is 233 g/mol. The molecule has 0 aliphatic heterocycles. The lowest BCUT2D eigenvalue weighted by Gasteiger charge is -2.07. The van der Waals surface area contributed by atoms with Crippen molar-refractivity contribution in [3.63, 3.8) is 0 Å². The average Bonchev–Trinajstić information content (AvgIpc) is 2.28. The standard InChI is InChI=1S/C13H15NO3/c1-9(10(2)15)14-13(17)8-5-11-3-6-12(16)7-4-11/h3-9,16H,1-2H3,(H,14,17)/b8-5+. The fourth-order valence-electron chi connectivity index (χ4n) is 1.12. The number of carbonyl (C=O) groups excluding carboxylic acids is 2. The molecule has 1 atom stereocenters. The first-order valence-corrected chi connectivity index (χ1v) is 5.27. The third kappa shape index (κ3) is 4.51. The van der Waals surface area contributed by atoms with Crippen molar-refractivity contribution in [3.8, 4) is 5.75 Å². The quantitative estimate of drug-likeness (QED) is 0.774. The number of amides is 1. The Morgan fingerprint density at radius 3 is 2.41 bits per heavy atom. The molecule has 0 bridgehead atoms. The second-order valence-electron chi connectivity index (χ2n) is 3.77. The van der Waals surface area contributed by atoms with Gasteiger partial charge >= 0.3 is 0 Å². The van der Waals surface area contributed by atoms with Crippen LogP contribution in [0.4, 0.5) is 0 Å². The van der Waals surface area contributed by atoms with Crippen molar-refractivity contribution >= 4 is 17.8 Å². The van der Waals surface area contributed by atoms with E-state index in [1.165, 1.54) is 25.1 Å². The molecule has 0 aliphatic carbocycles. The van der Waals surface area contributed by atoms with Crippen LogP contribution in [0.3, 0.4) is 0 Å². The van der Waals surface area contributed by atoms with E-state index in [9.17, 15) is 9.59 Å². The van der Waals surface area contributed by atoms with Gasteiger partial charge in [0.25, 0.3) is 0 Å². The molecule has 1 amide bonds. The molecule has 1 rings (SSSR count). The van der Waals surface area contributed by atoms with Crippen LogP contribution in [-0.2, 0) is 9.59 Å². The van der Waals surface area contributed by atoms with Crippen molar-refractivity contribution in [1.82, 2.24) is 5.32 Å². The summed E-state index contributed by atoms with van der Waals surface area (Å²) in [6, 6.07) is 5.97. The molecule has 0 spiro atoms. The minimum atomic E-state index is -0.480. The fraction of sp³-hybridized carbons (Fsp3) is 0.231. The van der Waals surface area contributed by atoms with Crippen molar-refractivity contribution in [2.24, 2.45) is 0 Å². The van der Waals surface area contributed by atoms with E-state index < -0.39 is 6.04 Å². The van der Waals surface area contributed by atoms with Crippen LogP contribution in [-0.4, -0.2) is 22.8 Å². The number of phenolic OH excluding ortho intramolecular Hbond substituents is 1. The predicted octanol–water partition coefficient (Wildman–Crippen LogP) is 1.50. The maximum Gasteiger partial charge on any atom is 0.244 e. The summed E-state index contributed by atoms with van der Waals surface area (Å²) < 4.78 is 0. The first kappa shape index (κ1) is 13.0. The lowest BCUT2D eigenvalue weighted by atomic mass is 10.2. The number of Topliss-reactive ketones (excluding diaryl/α,β-unsaturated/α-hetero) is 1. The van der Waals surface area contributed by atoms with Crippen molar-refractivity contribution in [2.45, 2.75) is 19.9 Å². The zero-order chi connectivity index (χ0) is 12.8. The van der Waals surface area contributed by atoms with Gasteiger partial charge in [-0.15, -0.1) is 0 Å². The Labute approximate surface area is 100.0 Å². The first-order valence-electron chi connectivity index (χ1n) is 5.27. The Bertz CT molecular complexity index is 434. The summed E-state index contributed by atoms with van der Waals surface area (Å²) in [4.78, 5) is 22.3. The van der Waals surface area contributed by atoms with Crippen LogP contribution in [0.1, 0.15) is 19.4 Å². The number of hydrogen-bond donors (Lipinski definition) is 2. The maximum absolute atomic E-state index is 11.4. The van der Waals surface area contributed by atoms with Gasteiger partial charge < -0.3 is 10.4 Å². The van der Waals surface area contributed by atoms with Crippen molar-refractivity contribution < 1.29 is 14.7 Å². The minimum Gasteiger partial charge on any atom is -0.508 e. The number of aromatic hydroxyl groups is 1. The molecule has 0 aromatic heterocycles. The summed E-state index contributed by atoms with van der Waals surface area (Å²) in [5.41, 5.74) is 0.799. The molecule has 4 heteroatoms. The molecule has 1 unspecified atom stereocenters. The van der Waals surface area contributed by atoms with Crippen LogP contribution in [0.25, 0.3) is 6.08 Å². The van der Waals surface area contributed by atoms with E-state index in [0.717, 1.165) is 5.56 Å². The van der Waals surface area contributed by atoms with E-state index in [0.29, 0.717) is 0 Å². The first-order chi connectivity index (χ1) is 7.99. The van der Waals surface area contributed by atoms with E-state index in [1.54, 1.807) is 25.1 Å². The highest BCUT2D eigenvalue weighted by Crippen LogP contribution is 2.10. The van der Waals surface area contributed by atoms with E-state index in [-0.39, 0.29) is 17.4 Å². The van der Waals surface area contributed by atoms with Crippen molar-refractivity contribution in [3.05, 3.63) is 35.9 Å². The molecule has 0 radical (unpaired) electrons. The summed E-state index contributed by atoms with van der Waals surface area (Å²) in [6.45, 7) is 3.06. The van der Waals surface area contributed by atoms with Crippen LogP contribution in [0.5, 0.6) is 5.75 Å². The monoisotopic (exact) mass is 233 g/mol. The number of rotatable bonds is 4. The summed E-state index contributed by atoms with van der Waals surface area (Å²) in [5, 5.41) is 11.6. The van der Waals surface area contributed by atoms with Crippen LogP contribution in [0, 0.1) is 0 Å². The van der Waals surface area contributed by atoms with Gasteiger partial charge in [0.1, 0.15) is 5.75 Å². The van der Waals surface area contributed by atoms with Gasteiger partial charge in [0.05, 0.1) is 6.04 Å². The molecule has 0 fully saturated rings. The van der Waals surface area contributed by atoms with E-state index >= 15 is 0 Å². The third-order valence-corrected chi connectivity index (χ3v) is 2.29. The molecule has 1 aromatic carbocycles. The number of carbonyl (C=O) groups is 2. The summed E-state index contributed by atoms with van der Waals surface area (Å²) >= 11 is 0. The van der Waals surface area contributed by atoms with Gasteiger partial charge in [0.2, 0.25) is 5.91 Å².